The number of methoxy groups -OCH3 is 2. The Hall–Kier alpha value is -2.63. The van der Waals surface area contributed by atoms with Crippen molar-refractivity contribution >= 4 is 5.97 Å². The van der Waals surface area contributed by atoms with Gasteiger partial charge in [0.1, 0.15) is 5.75 Å². The number of esters is 1. The van der Waals surface area contributed by atoms with Gasteiger partial charge in [0.2, 0.25) is 0 Å². The molecule has 1 aliphatic rings. The van der Waals surface area contributed by atoms with Crippen molar-refractivity contribution in [2.75, 3.05) is 14.2 Å². The zero-order valence-corrected chi connectivity index (χ0v) is 11.8. The van der Waals surface area contributed by atoms with Crippen LogP contribution >= 0.6 is 0 Å². The van der Waals surface area contributed by atoms with E-state index >= 15 is 0 Å². The van der Waals surface area contributed by atoms with E-state index in [4.69, 9.17) is 14.2 Å². The molecular formula is C15H14N2O4. The van der Waals surface area contributed by atoms with Gasteiger partial charge in [-0.2, -0.15) is 9.97 Å². The van der Waals surface area contributed by atoms with E-state index in [1.165, 1.54) is 14.2 Å². The van der Waals surface area contributed by atoms with Gasteiger partial charge >= 0.3 is 12.0 Å². The summed E-state index contributed by atoms with van der Waals surface area (Å²) in [4.78, 5) is 19.9. The Kier molecular flexibility index (Phi) is 3.43. The number of aromatic nitrogens is 2. The molecule has 0 unspecified atom stereocenters. The maximum absolute atomic E-state index is 11.6. The molecule has 0 radical (unpaired) electrons. The zero-order chi connectivity index (χ0) is 14.8. The van der Waals surface area contributed by atoms with E-state index < -0.39 is 5.97 Å². The highest BCUT2D eigenvalue weighted by Crippen LogP contribution is 2.33. The smallest absolute Gasteiger partial charge is 0.337 e. The molecule has 6 heteroatoms. The predicted molar refractivity (Wildman–Crippen MR) is 73.8 cm³/mol. The third kappa shape index (κ3) is 2.52. The van der Waals surface area contributed by atoms with Crippen LogP contribution in [0.4, 0.5) is 0 Å². The van der Waals surface area contributed by atoms with Crippen molar-refractivity contribution in [2.24, 2.45) is 0 Å². The maximum atomic E-state index is 11.6. The summed E-state index contributed by atoms with van der Waals surface area (Å²) in [6, 6.07) is 5.60. The number of fused-ring (bicyclic) bond motifs is 2. The van der Waals surface area contributed by atoms with E-state index in [9.17, 15) is 4.79 Å². The Balaban J connectivity index is 1.99. The van der Waals surface area contributed by atoms with Gasteiger partial charge in [-0.3, -0.25) is 0 Å². The standard InChI is InChI=1S/C15H14N2O4/c1-19-14(18)10-4-3-9-5-6-11-13(21-12(9)7-10)8-16-15(17-11)20-2/h3-4,7-8H,5-6H2,1-2H3. The topological polar surface area (TPSA) is 70.5 Å². The summed E-state index contributed by atoms with van der Waals surface area (Å²) in [5, 5.41) is 0. The van der Waals surface area contributed by atoms with E-state index in [-0.39, 0.29) is 0 Å². The van der Waals surface area contributed by atoms with E-state index in [1.807, 2.05) is 6.07 Å². The van der Waals surface area contributed by atoms with Gasteiger partial charge in [0.05, 0.1) is 31.7 Å². The first-order chi connectivity index (χ1) is 10.2. The van der Waals surface area contributed by atoms with Gasteiger partial charge in [-0.05, 0) is 30.5 Å². The fourth-order valence-corrected chi connectivity index (χ4v) is 2.22. The molecule has 108 valence electrons. The number of rotatable bonds is 2. The molecule has 3 rings (SSSR count). The van der Waals surface area contributed by atoms with Crippen LogP contribution in [0.5, 0.6) is 17.5 Å². The molecule has 1 aromatic carbocycles. The first kappa shape index (κ1) is 13.4. The quantitative estimate of drug-likeness (QED) is 0.788. The second kappa shape index (κ2) is 5.40. The van der Waals surface area contributed by atoms with Crippen molar-refractivity contribution in [3.8, 4) is 17.5 Å². The van der Waals surface area contributed by atoms with Crippen molar-refractivity contribution in [1.29, 1.82) is 0 Å². The Morgan fingerprint density at radius 2 is 2.10 bits per heavy atom. The molecule has 0 saturated heterocycles. The molecule has 21 heavy (non-hydrogen) atoms. The number of benzene rings is 1. The molecule has 2 aromatic rings. The summed E-state index contributed by atoms with van der Waals surface area (Å²) >= 11 is 0. The van der Waals surface area contributed by atoms with Crippen molar-refractivity contribution in [1.82, 2.24) is 9.97 Å². The summed E-state index contributed by atoms with van der Waals surface area (Å²) in [5.74, 6) is 0.818. The lowest BCUT2D eigenvalue weighted by atomic mass is 10.1. The van der Waals surface area contributed by atoms with Crippen LogP contribution in [0.3, 0.4) is 0 Å². The van der Waals surface area contributed by atoms with Crippen LogP contribution in [0, 0.1) is 0 Å². The molecule has 1 aliphatic heterocycles. The summed E-state index contributed by atoms with van der Waals surface area (Å²) in [6.45, 7) is 0. The molecule has 1 aromatic heterocycles. The molecule has 0 fully saturated rings. The van der Waals surface area contributed by atoms with E-state index in [0.29, 0.717) is 23.1 Å². The van der Waals surface area contributed by atoms with E-state index in [2.05, 4.69) is 9.97 Å². The molecule has 0 N–H and O–H groups in total. The van der Waals surface area contributed by atoms with Gasteiger partial charge < -0.3 is 14.2 Å². The fourth-order valence-electron chi connectivity index (χ4n) is 2.22. The average Bonchev–Trinajstić information content (AvgIpc) is 2.71. The first-order valence-corrected chi connectivity index (χ1v) is 6.50. The lowest BCUT2D eigenvalue weighted by molar-refractivity contribution is 0.0600. The third-order valence-corrected chi connectivity index (χ3v) is 3.33. The highest BCUT2D eigenvalue weighted by molar-refractivity contribution is 5.90. The monoisotopic (exact) mass is 286 g/mol. The normalized spacial score (nSPS) is 12.5. The van der Waals surface area contributed by atoms with Crippen LogP contribution in [0.2, 0.25) is 0 Å². The molecule has 6 nitrogen and oxygen atoms in total. The molecule has 0 saturated carbocycles. The SMILES string of the molecule is COC(=O)c1ccc2c(c1)Oc1cnc(OC)nc1CC2. The number of hydrogen-bond donors (Lipinski definition) is 0. The van der Waals surface area contributed by atoms with E-state index in [0.717, 1.165) is 24.1 Å². The third-order valence-electron chi connectivity index (χ3n) is 3.33. The van der Waals surface area contributed by atoms with Crippen molar-refractivity contribution < 1.29 is 19.0 Å². The summed E-state index contributed by atoms with van der Waals surface area (Å²) in [5.41, 5.74) is 2.26. The number of ether oxygens (including phenoxy) is 3. The highest BCUT2D eigenvalue weighted by atomic mass is 16.5. The van der Waals surface area contributed by atoms with Gasteiger partial charge in [0.25, 0.3) is 0 Å². The van der Waals surface area contributed by atoms with Gasteiger partial charge in [0, 0.05) is 0 Å². The van der Waals surface area contributed by atoms with Crippen LogP contribution in [0.25, 0.3) is 0 Å². The summed E-state index contributed by atoms with van der Waals surface area (Å²) in [7, 11) is 2.88. The minimum Gasteiger partial charge on any atom is -0.467 e. The number of carbonyl (C=O) groups is 1. The number of hydrogen-bond acceptors (Lipinski definition) is 6. The first-order valence-electron chi connectivity index (χ1n) is 6.50. The predicted octanol–water partition coefficient (Wildman–Crippen LogP) is 2.16. The zero-order valence-electron chi connectivity index (χ0n) is 11.8. The Morgan fingerprint density at radius 1 is 1.24 bits per heavy atom. The molecule has 0 amide bonds. The highest BCUT2D eigenvalue weighted by Gasteiger charge is 2.19. The maximum Gasteiger partial charge on any atom is 0.337 e. The second-order valence-corrected chi connectivity index (χ2v) is 4.58. The largest absolute Gasteiger partial charge is 0.467 e. The van der Waals surface area contributed by atoms with Crippen molar-refractivity contribution in [3.63, 3.8) is 0 Å². The van der Waals surface area contributed by atoms with Crippen LogP contribution in [0.15, 0.2) is 24.4 Å². The van der Waals surface area contributed by atoms with Crippen molar-refractivity contribution in [3.05, 3.63) is 41.2 Å². The Morgan fingerprint density at radius 3 is 2.86 bits per heavy atom. The molecule has 0 bridgehead atoms. The Bertz CT molecular complexity index is 700. The van der Waals surface area contributed by atoms with E-state index in [1.54, 1.807) is 18.3 Å². The molecular weight excluding hydrogens is 272 g/mol. The number of carbonyl (C=O) groups excluding carboxylic acids is 1. The molecule has 2 heterocycles. The van der Waals surface area contributed by atoms with Gasteiger partial charge in [-0.1, -0.05) is 6.07 Å². The molecule has 0 atom stereocenters. The molecule has 0 spiro atoms. The van der Waals surface area contributed by atoms with Crippen LogP contribution in [-0.4, -0.2) is 30.2 Å². The van der Waals surface area contributed by atoms with Crippen LogP contribution < -0.4 is 9.47 Å². The Labute approximate surface area is 121 Å². The van der Waals surface area contributed by atoms with Crippen LogP contribution in [-0.2, 0) is 17.6 Å². The lowest BCUT2D eigenvalue weighted by Crippen LogP contribution is -2.02. The second-order valence-electron chi connectivity index (χ2n) is 4.58. The lowest BCUT2D eigenvalue weighted by Gasteiger charge is -2.09. The fraction of sp³-hybridized carbons (Fsp3) is 0.267. The number of nitrogens with zero attached hydrogens (tertiary/aromatic N) is 2. The van der Waals surface area contributed by atoms with Crippen molar-refractivity contribution in [2.45, 2.75) is 12.8 Å². The minimum atomic E-state index is -0.392. The minimum absolute atomic E-state index is 0.318. The molecule has 0 aliphatic carbocycles. The van der Waals surface area contributed by atoms with Gasteiger partial charge in [0.15, 0.2) is 5.75 Å². The average molecular weight is 286 g/mol. The summed E-state index contributed by atoms with van der Waals surface area (Å²) in [6.07, 6.45) is 3.07. The van der Waals surface area contributed by atoms with Crippen LogP contribution in [0.1, 0.15) is 21.6 Å². The van der Waals surface area contributed by atoms with Gasteiger partial charge in [-0.15, -0.1) is 0 Å². The summed E-state index contributed by atoms with van der Waals surface area (Å²) < 4.78 is 15.6. The number of aryl methyl sites for hydroxylation is 2. The van der Waals surface area contributed by atoms with Gasteiger partial charge in [-0.25, -0.2) is 4.79 Å².